The van der Waals surface area contributed by atoms with E-state index >= 15 is 0 Å². The van der Waals surface area contributed by atoms with Crippen LogP contribution in [0.3, 0.4) is 0 Å². The molecule has 1 heterocycles. The van der Waals surface area contributed by atoms with Gasteiger partial charge in [0.05, 0.1) is 30.9 Å². The van der Waals surface area contributed by atoms with Crippen molar-refractivity contribution in [1.29, 1.82) is 0 Å². The first-order chi connectivity index (χ1) is 13.4. The fraction of sp³-hybridized carbons (Fsp3) is 0.286. The van der Waals surface area contributed by atoms with Gasteiger partial charge in [0.2, 0.25) is 0 Å². The highest BCUT2D eigenvalue weighted by molar-refractivity contribution is 7.89. The number of methoxy groups -OCH3 is 1. The minimum Gasteiger partial charge on any atom is -0.493 e. The van der Waals surface area contributed by atoms with Crippen LogP contribution in [0.25, 0.3) is 10.6 Å². The molecule has 5 nitrogen and oxygen atoms in total. The van der Waals surface area contributed by atoms with E-state index in [0.717, 1.165) is 21.7 Å². The smallest absolute Gasteiger partial charge is 0.161 e. The number of nitrogens with zero attached hydrogens (tertiary/aromatic N) is 1. The van der Waals surface area contributed by atoms with Gasteiger partial charge in [-0.3, -0.25) is 0 Å². The molecule has 0 aliphatic carbocycles. The van der Waals surface area contributed by atoms with Crippen LogP contribution in [0.15, 0.2) is 47.8 Å². The Bertz CT molecular complexity index is 1060. The molecule has 0 aliphatic heterocycles. The second-order valence-corrected chi connectivity index (χ2v) is 9.39. The van der Waals surface area contributed by atoms with Crippen LogP contribution in [0.2, 0.25) is 0 Å². The SMILES string of the molecule is CCOc1ccc(-c2nc(CS(=O)(=O)Cc3cccc(C)c3)cs2)cc1OC. The van der Waals surface area contributed by atoms with Crippen LogP contribution in [0.4, 0.5) is 0 Å². The van der Waals surface area contributed by atoms with Gasteiger partial charge >= 0.3 is 0 Å². The first kappa shape index (κ1) is 20.4. The molecule has 148 valence electrons. The van der Waals surface area contributed by atoms with Crippen molar-refractivity contribution in [2.24, 2.45) is 0 Å². The molecule has 0 unspecified atom stereocenters. The first-order valence-corrected chi connectivity index (χ1v) is 11.6. The highest BCUT2D eigenvalue weighted by atomic mass is 32.2. The number of hydrogen-bond donors (Lipinski definition) is 0. The van der Waals surface area contributed by atoms with Gasteiger partial charge in [0, 0.05) is 10.9 Å². The average Bonchev–Trinajstić information content (AvgIpc) is 3.09. The van der Waals surface area contributed by atoms with Crippen molar-refractivity contribution in [2.75, 3.05) is 13.7 Å². The molecule has 0 spiro atoms. The number of ether oxygens (including phenoxy) is 2. The average molecular weight is 418 g/mol. The topological polar surface area (TPSA) is 65.5 Å². The van der Waals surface area contributed by atoms with Gasteiger partial charge < -0.3 is 9.47 Å². The summed E-state index contributed by atoms with van der Waals surface area (Å²) in [5, 5.41) is 2.55. The highest BCUT2D eigenvalue weighted by Gasteiger charge is 2.17. The van der Waals surface area contributed by atoms with Crippen LogP contribution in [0, 0.1) is 6.92 Å². The molecular formula is C21H23NO4S2. The Kier molecular flexibility index (Phi) is 6.36. The zero-order valence-corrected chi connectivity index (χ0v) is 17.8. The van der Waals surface area contributed by atoms with Crippen LogP contribution in [-0.4, -0.2) is 27.1 Å². The summed E-state index contributed by atoms with van der Waals surface area (Å²) < 4.78 is 36.1. The summed E-state index contributed by atoms with van der Waals surface area (Å²) in [6.07, 6.45) is 0. The van der Waals surface area contributed by atoms with Crippen LogP contribution in [0.1, 0.15) is 23.7 Å². The number of rotatable bonds is 8. The number of thiazole rings is 1. The Morgan fingerprint density at radius 2 is 1.89 bits per heavy atom. The fourth-order valence-corrected chi connectivity index (χ4v) is 5.22. The van der Waals surface area contributed by atoms with E-state index in [1.165, 1.54) is 11.3 Å². The highest BCUT2D eigenvalue weighted by Crippen LogP contribution is 2.34. The molecule has 28 heavy (non-hydrogen) atoms. The molecule has 0 fully saturated rings. The van der Waals surface area contributed by atoms with E-state index in [-0.39, 0.29) is 11.5 Å². The molecule has 1 aromatic heterocycles. The molecule has 3 aromatic rings. The molecule has 0 saturated heterocycles. The van der Waals surface area contributed by atoms with E-state index in [1.807, 2.05) is 56.3 Å². The summed E-state index contributed by atoms with van der Waals surface area (Å²) in [5.74, 6) is 1.23. The second-order valence-electron chi connectivity index (χ2n) is 6.46. The van der Waals surface area contributed by atoms with E-state index in [1.54, 1.807) is 12.5 Å². The summed E-state index contributed by atoms with van der Waals surface area (Å²) in [5.41, 5.74) is 3.27. The van der Waals surface area contributed by atoms with E-state index in [4.69, 9.17) is 9.47 Å². The third-order valence-electron chi connectivity index (χ3n) is 4.10. The molecule has 0 aliphatic rings. The van der Waals surface area contributed by atoms with Crippen molar-refractivity contribution >= 4 is 21.2 Å². The van der Waals surface area contributed by atoms with Crippen molar-refractivity contribution in [3.05, 3.63) is 64.7 Å². The van der Waals surface area contributed by atoms with Gasteiger partial charge in [-0.2, -0.15) is 0 Å². The lowest BCUT2D eigenvalue weighted by Gasteiger charge is -2.10. The lowest BCUT2D eigenvalue weighted by molar-refractivity contribution is 0.311. The predicted octanol–water partition coefficient (Wildman–Crippen LogP) is 4.64. The molecule has 0 bridgehead atoms. The van der Waals surface area contributed by atoms with Crippen molar-refractivity contribution in [1.82, 2.24) is 4.98 Å². The standard InChI is InChI=1S/C21H23NO4S2/c1-4-26-19-9-8-17(11-20(19)25-3)21-22-18(12-27-21)14-28(23,24)13-16-7-5-6-15(2)10-16/h5-12H,4,13-14H2,1-3H3. The van der Waals surface area contributed by atoms with Gasteiger partial charge in [0.25, 0.3) is 0 Å². The van der Waals surface area contributed by atoms with Gasteiger partial charge in [-0.05, 0) is 37.6 Å². The lowest BCUT2D eigenvalue weighted by atomic mass is 10.2. The van der Waals surface area contributed by atoms with Crippen LogP contribution < -0.4 is 9.47 Å². The molecular weight excluding hydrogens is 394 g/mol. The van der Waals surface area contributed by atoms with E-state index in [9.17, 15) is 8.42 Å². The number of aromatic nitrogens is 1. The molecule has 2 aromatic carbocycles. The molecule has 7 heteroatoms. The van der Waals surface area contributed by atoms with Crippen LogP contribution in [0.5, 0.6) is 11.5 Å². The minimum atomic E-state index is -3.30. The zero-order valence-electron chi connectivity index (χ0n) is 16.1. The van der Waals surface area contributed by atoms with Gasteiger partial charge in [-0.25, -0.2) is 13.4 Å². The van der Waals surface area contributed by atoms with Gasteiger partial charge in [-0.1, -0.05) is 29.8 Å². The Balaban J connectivity index is 1.76. The second kappa shape index (κ2) is 8.75. The molecule has 3 rings (SSSR count). The minimum absolute atomic E-state index is 0.0123. The van der Waals surface area contributed by atoms with E-state index in [2.05, 4.69) is 4.98 Å². The third kappa shape index (κ3) is 5.11. The van der Waals surface area contributed by atoms with Crippen molar-refractivity contribution < 1.29 is 17.9 Å². The first-order valence-electron chi connectivity index (χ1n) is 8.92. The van der Waals surface area contributed by atoms with Gasteiger partial charge in [0.1, 0.15) is 5.01 Å². The van der Waals surface area contributed by atoms with Crippen molar-refractivity contribution in [2.45, 2.75) is 25.4 Å². The Morgan fingerprint density at radius 3 is 2.61 bits per heavy atom. The molecule has 0 N–H and O–H groups in total. The summed E-state index contributed by atoms with van der Waals surface area (Å²) in [7, 11) is -1.71. The Labute approximate surface area is 169 Å². The lowest BCUT2D eigenvalue weighted by Crippen LogP contribution is -2.08. The normalized spacial score (nSPS) is 11.4. The maximum absolute atomic E-state index is 12.6. The predicted molar refractivity (Wildman–Crippen MR) is 113 cm³/mol. The maximum atomic E-state index is 12.6. The zero-order chi connectivity index (χ0) is 20.1. The summed E-state index contributed by atoms with van der Waals surface area (Å²) in [4.78, 5) is 4.52. The van der Waals surface area contributed by atoms with Crippen LogP contribution >= 0.6 is 11.3 Å². The maximum Gasteiger partial charge on any atom is 0.161 e. The molecule has 0 radical (unpaired) electrons. The Morgan fingerprint density at radius 1 is 1.07 bits per heavy atom. The largest absolute Gasteiger partial charge is 0.493 e. The number of hydrogen-bond acceptors (Lipinski definition) is 6. The summed E-state index contributed by atoms with van der Waals surface area (Å²) >= 11 is 1.42. The van der Waals surface area contributed by atoms with Crippen LogP contribution in [-0.2, 0) is 21.3 Å². The quantitative estimate of drug-likeness (QED) is 0.534. The number of aryl methyl sites for hydroxylation is 1. The van der Waals surface area contributed by atoms with Gasteiger partial charge in [0.15, 0.2) is 21.3 Å². The molecule has 0 saturated carbocycles. The summed E-state index contributed by atoms with van der Waals surface area (Å²) in [6.45, 7) is 4.42. The number of sulfone groups is 1. The van der Waals surface area contributed by atoms with E-state index < -0.39 is 9.84 Å². The van der Waals surface area contributed by atoms with Crippen molar-refractivity contribution in [3.8, 4) is 22.1 Å². The molecule has 0 atom stereocenters. The fourth-order valence-electron chi connectivity index (χ4n) is 2.91. The Hall–Kier alpha value is -2.38. The number of benzene rings is 2. The third-order valence-corrected chi connectivity index (χ3v) is 6.55. The molecule has 0 amide bonds. The van der Waals surface area contributed by atoms with Crippen molar-refractivity contribution in [3.63, 3.8) is 0 Å². The van der Waals surface area contributed by atoms with E-state index in [0.29, 0.717) is 23.8 Å². The summed E-state index contributed by atoms with van der Waals surface area (Å²) in [6, 6.07) is 13.2. The monoisotopic (exact) mass is 417 g/mol. The van der Waals surface area contributed by atoms with Gasteiger partial charge in [-0.15, -0.1) is 11.3 Å².